The molecular formula is C25H23N3O6. The maximum atomic E-state index is 12.0. The van der Waals surface area contributed by atoms with E-state index >= 15 is 0 Å². The lowest BCUT2D eigenvalue weighted by Gasteiger charge is -2.09. The van der Waals surface area contributed by atoms with Gasteiger partial charge in [0, 0.05) is 17.7 Å². The van der Waals surface area contributed by atoms with Crippen molar-refractivity contribution in [3.05, 3.63) is 90.5 Å². The van der Waals surface area contributed by atoms with E-state index < -0.39 is 30.3 Å². The zero-order chi connectivity index (χ0) is 24.2. The van der Waals surface area contributed by atoms with Gasteiger partial charge in [0.2, 0.25) is 5.91 Å². The Labute approximate surface area is 196 Å². The summed E-state index contributed by atoms with van der Waals surface area (Å²) in [5.74, 6) is -0.986. The Morgan fingerprint density at radius 3 is 1.94 bits per heavy atom. The summed E-state index contributed by atoms with van der Waals surface area (Å²) in [5, 5.41) is 2.60. The van der Waals surface area contributed by atoms with Gasteiger partial charge in [0.15, 0.2) is 6.61 Å². The molecule has 0 radical (unpaired) electrons. The smallest absolute Gasteiger partial charge is 0.306 e. The molecule has 0 heterocycles. The fraction of sp³-hybridized carbons (Fsp3) is 0.120. The standard InChI is InChI=1S/C25H23N3O6/c29-22(27-28-25(32)18-7-3-1-4-8-18)15-16-24(31)33-17-23(30)26-19-11-13-21(14-12-19)34-20-9-5-2-6-10-20/h1-14H,15-17H2,(H,26,30)(H,27,29)(H,28,32). The average Bonchev–Trinajstić information content (AvgIpc) is 2.87. The highest BCUT2D eigenvalue weighted by atomic mass is 16.5. The first kappa shape index (κ1) is 24.0. The molecule has 0 spiro atoms. The molecule has 0 fully saturated rings. The van der Waals surface area contributed by atoms with Crippen LogP contribution in [0.3, 0.4) is 0 Å². The first-order chi connectivity index (χ1) is 16.5. The fourth-order valence-corrected chi connectivity index (χ4v) is 2.71. The molecule has 9 heteroatoms. The minimum Gasteiger partial charge on any atom is -0.457 e. The third kappa shape index (κ3) is 8.12. The highest BCUT2D eigenvalue weighted by Crippen LogP contribution is 2.22. The van der Waals surface area contributed by atoms with E-state index in [1.54, 1.807) is 54.6 Å². The van der Waals surface area contributed by atoms with E-state index in [1.165, 1.54) is 0 Å². The Balaban J connectivity index is 1.31. The molecule has 3 rings (SSSR count). The molecule has 0 aliphatic heterocycles. The van der Waals surface area contributed by atoms with Gasteiger partial charge in [0.1, 0.15) is 11.5 Å². The summed E-state index contributed by atoms with van der Waals surface area (Å²) in [6.45, 7) is -0.493. The van der Waals surface area contributed by atoms with Gasteiger partial charge in [-0.3, -0.25) is 30.0 Å². The highest BCUT2D eigenvalue weighted by Gasteiger charge is 2.12. The van der Waals surface area contributed by atoms with Crippen LogP contribution in [0.5, 0.6) is 11.5 Å². The molecule has 0 saturated carbocycles. The van der Waals surface area contributed by atoms with Gasteiger partial charge in [-0.2, -0.15) is 0 Å². The van der Waals surface area contributed by atoms with Crippen LogP contribution in [0.4, 0.5) is 5.69 Å². The van der Waals surface area contributed by atoms with Crippen molar-refractivity contribution in [2.45, 2.75) is 12.8 Å². The molecule has 0 saturated heterocycles. The molecule has 0 atom stereocenters. The number of hydrogen-bond donors (Lipinski definition) is 3. The number of benzene rings is 3. The summed E-state index contributed by atoms with van der Waals surface area (Å²) < 4.78 is 10.6. The number of rotatable bonds is 9. The van der Waals surface area contributed by atoms with E-state index in [-0.39, 0.29) is 12.8 Å². The molecular weight excluding hydrogens is 438 g/mol. The van der Waals surface area contributed by atoms with E-state index in [0.29, 0.717) is 22.7 Å². The van der Waals surface area contributed by atoms with Crippen molar-refractivity contribution in [2.75, 3.05) is 11.9 Å². The first-order valence-corrected chi connectivity index (χ1v) is 10.4. The zero-order valence-corrected chi connectivity index (χ0v) is 18.2. The second-order valence-electron chi connectivity index (χ2n) is 7.02. The lowest BCUT2D eigenvalue weighted by molar-refractivity contribution is -0.148. The first-order valence-electron chi connectivity index (χ1n) is 10.4. The third-order valence-corrected chi connectivity index (χ3v) is 4.39. The minimum absolute atomic E-state index is 0.210. The Kier molecular flexibility index (Phi) is 8.75. The lowest BCUT2D eigenvalue weighted by Crippen LogP contribution is -2.41. The van der Waals surface area contributed by atoms with Crippen molar-refractivity contribution in [3.8, 4) is 11.5 Å². The van der Waals surface area contributed by atoms with Crippen LogP contribution in [0.2, 0.25) is 0 Å². The molecule has 0 unspecified atom stereocenters. The number of ether oxygens (including phenoxy) is 2. The number of anilines is 1. The van der Waals surface area contributed by atoms with Crippen LogP contribution in [-0.4, -0.2) is 30.3 Å². The Morgan fingerprint density at radius 2 is 1.26 bits per heavy atom. The zero-order valence-electron chi connectivity index (χ0n) is 18.2. The van der Waals surface area contributed by atoms with Crippen LogP contribution in [-0.2, 0) is 19.1 Å². The van der Waals surface area contributed by atoms with Crippen LogP contribution in [0.25, 0.3) is 0 Å². The number of nitrogens with one attached hydrogen (secondary N) is 3. The number of carbonyl (C=O) groups is 4. The van der Waals surface area contributed by atoms with Crippen molar-refractivity contribution < 1.29 is 28.7 Å². The predicted octanol–water partition coefficient (Wildman–Crippen LogP) is 3.20. The Bertz CT molecular complexity index is 1120. The number of para-hydroxylation sites is 1. The van der Waals surface area contributed by atoms with Gasteiger partial charge in [-0.05, 0) is 48.5 Å². The molecule has 3 N–H and O–H groups in total. The van der Waals surface area contributed by atoms with Gasteiger partial charge in [-0.1, -0.05) is 36.4 Å². The summed E-state index contributed by atoms with van der Waals surface area (Å²) in [4.78, 5) is 47.4. The van der Waals surface area contributed by atoms with Crippen LogP contribution in [0.1, 0.15) is 23.2 Å². The largest absolute Gasteiger partial charge is 0.457 e. The van der Waals surface area contributed by atoms with Gasteiger partial charge < -0.3 is 14.8 Å². The van der Waals surface area contributed by atoms with E-state index in [2.05, 4.69) is 16.2 Å². The number of carbonyl (C=O) groups excluding carboxylic acids is 4. The molecule has 3 aromatic rings. The van der Waals surface area contributed by atoms with Crippen molar-refractivity contribution in [3.63, 3.8) is 0 Å². The Hall–Kier alpha value is -4.66. The maximum Gasteiger partial charge on any atom is 0.306 e. The summed E-state index contributed by atoms with van der Waals surface area (Å²) in [5.41, 5.74) is 5.36. The van der Waals surface area contributed by atoms with E-state index in [0.717, 1.165) is 0 Å². The topological polar surface area (TPSA) is 123 Å². The highest BCUT2D eigenvalue weighted by molar-refractivity contribution is 5.95. The number of esters is 1. The van der Waals surface area contributed by atoms with Crippen LogP contribution >= 0.6 is 0 Å². The van der Waals surface area contributed by atoms with Crippen LogP contribution < -0.4 is 20.9 Å². The second kappa shape index (κ2) is 12.4. The van der Waals surface area contributed by atoms with Gasteiger partial charge in [0.25, 0.3) is 11.8 Å². The molecule has 3 aromatic carbocycles. The van der Waals surface area contributed by atoms with Crippen LogP contribution in [0.15, 0.2) is 84.9 Å². The number of hydrogen-bond acceptors (Lipinski definition) is 6. The summed E-state index contributed by atoms with van der Waals surface area (Å²) in [6, 6.07) is 24.3. The van der Waals surface area contributed by atoms with Gasteiger partial charge >= 0.3 is 5.97 Å². The predicted molar refractivity (Wildman–Crippen MR) is 124 cm³/mol. The monoisotopic (exact) mass is 461 g/mol. The van der Waals surface area contributed by atoms with Crippen molar-refractivity contribution >= 4 is 29.4 Å². The van der Waals surface area contributed by atoms with Crippen LogP contribution in [0, 0.1) is 0 Å². The molecule has 3 amide bonds. The molecule has 174 valence electrons. The van der Waals surface area contributed by atoms with Crippen molar-refractivity contribution in [1.82, 2.24) is 10.9 Å². The third-order valence-electron chi connectivity index (χ3n) is 4.39. The SMILES string of the molecule is O=C(CCC(=O)OCC(=O)Nc1ccc(Oc2ccccc2)cc1)NNC(=O)c1ccccc1. The van der Waals surface area contributed by atoms with Gasteiger partial charge in [-0.15, -0.1) is 0 Å². The average molecular weight is 461 g/mol. The normalized spacial score (nSPS) is 10.0. The summed E-state index contributed by atoms with van der Waals surface area (Å²) in [7, 11) is 0. The van der Waals surface area contributed by atoms with E-state index in [4.69, 9.17) is 9.47 Å². The quantitative estimate of drug-likeness (QED) is 0.332. The molecule has 0 bridgehead atoms. The van der Waals surface area contributed by atoms with E-state index in [9.17, 15) is 19.2 Å². The molecule has 0 aromatic heterocycles. The fourth-order valence-electron chi connectivity index (χ4n) is 2.71. The summed E-state index contributed by atoms with van der Waals surface area (Å²) >= 11 is 0. The Morgan fingerprint density at radius 1 is 0.647 bits per heavy atom. The molecule has 9 nitrogen and oxygen atoms in total. The van der Waals surface area contributed by atoms with Gasteiger partial charge in [-0.25, -0.2) is 0 Å². The number of hydrazine groups is 1. The van der Waals surface area contributed by atoms with Crippen molar-refractivity contribution in [1.29, 1.82) is 0 Å². The van der Waals surface area contributed by atoms with Gasteiger partial charge in [0.05, 0.1) is 6.42 Å². The van der Waals surface area contributed by atoms with E-state index in [1.807, 2.05) is 30.3 Å². The lowest BCUT2D eigenvalue weighted by atomic mass is 10.2. The molecule has 0 aliphatic carbocycles. The minimum atomic E-state index is -0.716. The maximum absolute atomic E-state index is 12.0. The number of amides is 3. The van der Waals surface area contributed by atoms with Crippen molar-refractivity contribution in [2.24, 2.45) is 0 Å². The summed E-state index contributed by atoms with van der Waals surface area (Å²) in [6.07, 6.45) is -0.454. The second-order valence-corrected chi connectivity index (χ2v) is 7.02. The molecule has 34 heavy (non-hydrogen) atoms. The molecule has 0 aliphatic rings.